The largest absolute Gasteiger partial charge is 0.310 e. The molecule has 0 saturated carbocycles. The van der Waals surface area contributed by atoms with E-state index >= 15 is 0 Å². The molecule has 0 fully saturated rings. The van der Waals surface area contributed by atoms with Gasteiger partial charge in [-0.15, -0.1) is 0 Å². The van der Waals surface area contributed by atoms with Gasteiger partial charge in [-0.25, -0.2) is 0 Å². The predicted octanol–water partition coefficient (Wildman–Crippen LogP) is 19.4. The number of benzene rings is 12. The van der Waals surface area contributed by atoms with E-state index < -0.39 is 5.41 Å². The lowest BCUT2D eigenvalue weighted by Crippen LogP contribution is -2.36. The molecule has 356 valence electrons. The number of hydrogen-bond acceptors (Lipinski definition) is 2. The molecule has 0 bridgehead atoms. The summed E-state index contributed by atoms with van der Waals surface area (Å²) >= 11 is 0. The maximum Gasteiger partial charge on any atom is 0.0755 e. The standard InChI is InChI=1S/C73H49N3/c1-3-23-51(24-4-1)56-29-7-8-30-57(56)58-31-10-16-39-66(58)74(54-47-45-50(46-48-54)52-25-21-28-55(49-52)76-67-40-17-11-32-59(67)60-33-12-18-41-68(60)76)71-44-22-38-65-72(71)61-34-9-13-35-62(61)73(65)63-36-14-19-42-69(63)75(53-26-5-2-6-27-53)70-43-20-15-37-64(70)73/h1-49H. The third-order valence-electron chi connectivity index (χ3n) is 16.0. The summed E-state index contributed by atoms with van der Waals surface area (Å²) in [6.07, 6.45) is 0. The topological polar surface area (TPSA) is 11.4 Å². The molecule has 1 spiro atoms. The monoisotopic (exact) mass is 967 g/mol. The molecule has 12 aromatic carbocycles. The fraction of sp³-hybridized carbons (Fsp3) is 0.0137. The average Bonchev–Trinajstić information content (AvgIpc) is 4.01. The number of rotatable bonds is 8. The highest BCUT2D eigenvalue weighted by Gasteiger charge is 2.52. The second-order valence-corrected chi connectivity index (χ2v) is 19.9. The summed E-state index contributed by atoms with van der Waals surface area (Å²) in [5.41, 5.74) is 24.2. The van der Waals surface area contributed by atoms with E-state index in [0.29, 0.717) is 0 Å². The van der Waals surface area contributed by atoms with Crippen molar-refractivity contribution in [2.24, 2.45) is 0 Å². The molecule has 1 aromatic heterocycles. The first-order chi connectivity index (χ1) is 37.8. The minimum atomic E-state index is -0.614. The number of hydrogen-bond donors (Lipinski definition) is 0. The first-order valence-electron chi connectivity index (χ1n) is 26.3. The fourth-order valence-electron chi connectivity index (χ4n) is 12.9. The van der Waals surface area contributed by atoms with Gasteiger partial charge in [0.2, 0.25) is 0 Å². The highest BCUT2D eigenvalue weighted by molar-refractivity contribution is 6.09. The average molecular weight is 968 g/mol. The highest BCUT2D eigenvalue weighted by Crippen LogP contribution is 2.65. The predicted molar refractivity (Wildman–Crippen MR) is 317 cm³/mol. The molecule has 2 heterocycles. The van der Waals surface area contributed by atoms with Crippen LogP contribution in [0.1, 0.15) is 22.3 Å². The van der Waals surface area contributed by atoms with Crippen LogP contribution in [-0.2, 0) is 5.41 Å². The number of aromatic nitrogens is 1. The van der Waals surface area contributed by atoms with Crippen LogP contribution < -0.4 is 9.80 Å². The Morgan fingerprint density at radius 3 is 1.47 bits per heavy atom. The van der Waals surface area contributed by atoms with Gasteiger partial charge < -0.3 is 14.4 Å². The summed E-state index contributed by atoms with van der Waals surface area (Å²) < 4.78 is 2.40. The van der Waals surface area contributed by atoms with Crippen LogP contribution in [0.2, 0.25) is 0 Å². The Bertz CT molecular complexity index is 4260. The van der Waals surface area contributed by atoms with Crippen molar-refractivity contribution in [2.75, 3.05) is 9.80 Å². The second-order valence-electron chi connectivity index (χ2n) is 19.9. The molecule has 0 radical (unpaired) electrons. The molecule has 13 aromatic rings. The zero-order valence-corrected chi connectivity index (χ0v) is 41.6. The summed E-state index contributed by atoms with van der Waals surface area (Å²) in [6, 6.07) is 109. The number of fused-ring (bicyclic) bond motifs is 12. The van der Waals surface area contributed by atoms with Crippen LogP contribution in [0.4, 0.5) is 34.1 Å². The number of para-hydroxylation sites is 6. The Kier molecular flexibility index (Phi) is 10.1. The number of anilines is 6. The Balaban J connectivity index is 0.954. The van der Waals surface area contributed by atoms with E-state index in [1.54, 1.807) is 0 Å². The van der Waals surface area contributed by atoms with Gasteiger partial charge in [0.05, 0.1) is 39.2 Å². The maximum atomic E-state index is 2.53. The van der Waals surface area contributed by atoms with Gasteiger partial charge in [0.25, 0.3) is 0 Å². The molecule has 0 amide bonds. The molecule has 0 saturated heterocycles. The molecule has 0 N–H and O–H groups in total. The zero-order valence-electron chi connectivity index (χ0n) is 41.6. The lowest BCUT2D eigenvalue weighted by atomic mass is 9.64. The van der Waals surface area contributed by atoms with E-state index in [4.69, 9.17) is 0 Å². The van der Waals surface area contributed by atoms with E-state index in [-0.39, 0.29) is 0 Å². The Hall–Kier alpha value is -9.96. The minimum Gasteiger partial charge on any atom is -0.310 e. The van der Waals surface area contributed by atoms with Crippen molar-refractivity contribution in [3.8, 4) is 50.2 Å². The SMILES string of the molecule is c1ccc(-c2ccccc2-c2ccccc2N(c2ccc(-c3cccc(-n4c5ccccc5c5ccccc54)c3)cc2)c2cccc3c2-c2ccccc2C32c3ccccc3N(c3ccccc3)c3ccccc32)cc1. The Morgan fingerprint density at radius 1 is 0.289 bits per heavy atom. The van der Waals surface area contributed by atoms with Gasteiger partial charge in [-0.2, -0.15) is 0 Å². The highest BCUT2D eigenvalue weighted by atomic mass is 15.2. The van der Waals surface area contributed by atoms with Gasteiger partial charge in [0.1, 0.15) is 0 Å². The van der Waals surface area contributed by atoms with Crippen LogP contribution in [0.5, 0.6) is 0 Å². The summed E-state index contributed by atoms with van der Waals surface area (Å²) in [5, 5.41) is 2.51. The first kappa shape index (κ1) is 43.6. The lowest BCUT2D eigenvalue weighted by Gasteiger charge is -2.45. The third kappa shape index (κ3) is 6.56. The van der Waals surface area contributed by atoms with E-state index in [1.165, 1.54) is 83.3 Å². The molecule has 76 heavy (non-hydrogen) atoms. The van der Waals surface area contributed by atoms with Crippen LogP contribution in [-0.4, -0.2) is 4.57 Å². The van der Waals surface area contributed by atoms with E-state index in [0.717, 1.165) is 45.1 Å². The summed E-state index contributed by atoms with van der Waals surface area (Å²) in [5.74, 6) is 0. The van der Waals surface area contributed by atoms with Crippen molar-refractivity contribution in [3.63, 3.8) is 0 Å². The molecular weight excluding hydrogens is 919 g/mol. The number of nitrogens with zero attached hydrogens (tertiary/aromatic N) is 3. The Morgan fingerprint density at radius 2 is 0.776 bits per heavy atom. The summed E-state index contributed by atoms with van der Waals surface area (Å²) in [4.78, 5) is 4.98. The van der Waals surface area contributed by atoms with Crippen molar-refractivity contribution < 1.29 is 0 Å². The zero-order chi connectivity index (χ0) is 50.2. The van der Waals surface area contributed by atoms with Gasteiger partial charge in [-0.3, -0.25) is 0 Å². The molecule has 15 rings (SSSR count). The van der Waals surface area contributed by atoms with Gasteiger partial charge in [0, 0.05) is 39.0 Å². The van der Waals surface area contributed by atoms with Gasteiger partial charge in [0.15, 0.2) is 0 Å². The smallest absolute Gasteiger partial charge is 0.0755 e. The molecule has 0 atom stereocenters. The summed E-state index contributed by atoms with van der Waals surface area (Å²) in [6.45, 7) is 0. The van der Waals surface area contributed by atoms with Gasteiger partial charge in [-0.05, 0) is 128 Å². The fourth-order valence-corrected chi connectivity index (χ4v) is 12.9. The van der Waals surface area contributed by atoms with Crippen LogP contribution in [0.3, 0.4) is 0 Å². The van der Waals surface area contributed by atoms with E-state index in [9.17, 15) is 0 Å². The first-order valence-corrected chi connectivity index (χ1v) is 26.3. The van der Waals surface area contributed by atoms with E-state index in [1.807, 2.05) is 0 Å². The van der Waals surface area contributed by atoms with Gasteiger partial charge in [-0.1, -0.05) is 224 Å². The maximum absolute atomic E-state index is 2.53. The summed E-state index contributed by atoms with van der Waals surface area (Å²) in [7, 11) is 0. The van der Waals surface area contributed by atoms with Crippen LogP contribution in [0.25, 0.3) is 72.0 Å². The molecule has 1 aliphatic heterocycles. The van der Waals surface area contributed by atoms with Gasteiger partial charge >= 0.3 is 0 Å². The second kappa shape index (κ2) is 17.6. The van der Waals surface area contributed by atoms with Crippen molar-refractivity contribution in [2.45, 2.75) is 5.41 Å². The van der Waals surface area contributed by atoms with Crippen molar-refractivity contribution in [1.82, 2.24) is 4.57 Å². The quantitative estimate of drug-likeness (QED) is 0.150. The van der Waals surface area contributed by atoms with Crippen LogP contribution in [0.15, 0.2) is 297 Å². The van der Waals surface area contributed by atoms with E-state index in [2.05, 4.69) is 312 Å². The van der Waals surface area contributed by atoms with Crippen molar-refractivity contribution in [3.05, 3.63) is 320 Å². The molecule has 3 heteroatoms. The third-order valence-corrected chi connectivity index (χ3v) is 16.0. The Labute approximate surface area is 443 Å². The van der Waals surface area contributed by atoms with Crippen LogP contribution >= 0.6 is 0 Å². The van der Waals surface area contributed by atoms with Crippen molar-refractivity contribution >= 4 is 55.9 Å². The van der Waals surface area contributed by atoms with Crippen LogP contribution in [0, 0.1) is 0 Å². The van der Waals surface area contributed by atoms with Crippen molar-refractivity contribution in [1.29, 1.82) is 0 Å². The molecule has 1 aliphatic carbocycles. The molecule has 0 unspecified atom stereocenters. The minimum absolute atomic E-state index is 0.614. The normalized spacial score (nSPS) is 12.8. The lowest BCUT2D eigenvalue weighted by molar-refractivity contribution is 0.752. The molecule has 2 aliphatic rings. The molecular formula is C73H49N3. The molecule has 3 nitrogen and oxygen atoms in total.